The van der Waals surface area contributed by atoms with Gasteiger partial charge in [0.15, 0.2) is 0 Å². The van der Waals surface area contributed by atoms with Crippen molar-refractivity contribution in [3.05, 3.63) is 38.3 Å². The van der Waals surface area contributed by atoms with Gasteiger partial charge in [0.1, 0.15) is 0 Å². The minimum absolute atomic E-state index is 0.117. The maximum Gasteiger partial charge on any atom is 0.283 e. The smallest absolute Gasteiger partial charge is 0.283 e. The monoisotopic (exact) mass is 314 g/mol. The number of nitrogens with zero attached hydrogens (tertiary/aromatic N) is 1. The largest absolute Gasteiger partial charge is 0.312 e. The Labute approximate surface area is 116 Å². The molecule has 0 fully saturated rings. The minimum Gasteiger partial charge on any atom is -0.312 e. The van der Waals surface area contributed by atoms with Crippen LogP contribution in [0.2, 0.25) is 0 Å². The predicted molar refractivity (Wildman–Crippen MR) is 76.5 cm³/mol. The van der Waals surface area contributed by atoms with Gasteiger partial charge in [-0.05, 0) is 45.9 Å². The Morgan fingerprint density at radius 3 is 2.61 bits per heavy atom. The lowest BCUT2D eigenvalue weighted by molar-refractivity contribution is -0.385. The fourth-order valence-electron chi connectivity index (χ4n) is 1.49. The zero-order valence-corrected chi connectivity index (χ0v) is 12.5. The molecule has 1 aromatic rings. The van der Waals surface area contributed by atoms with Gasteiger partial charge in [0, 0.05) is 12.6 Å². The normalized spacial score (nSPS) is 12.7. The molecule has 0 aromatic heterocycles. The summed E-state index contributed by atoms with van der Waals surface area (Å²) in [6.45, 7) is 8.15. The van der Waals surface area contributed by atoms with Crippen molar-refractivity contribution in [2.24, 2.45) is 11.8 Å². The Morgan fingerprint density at radius 1 is 1.39 bits per heavy atom. The lowest BCUT2D eigenvalue weighted by atomic mass is 9.98. The van der Waals surface area contributed by atoms with Gasteiger partial charge in [0.25, 0.3) is 5.69 Å². The van der Waals surface area contributed by atoms with Crippen molar-refractivity contribution in [2.75, 3.05) is 6.54 Å². The van der Waals surface area contributed by atoms with Gasteiger partial charge in [-0.3, -0.25) is 10.1 Å². The third kappa shape index (κ3) is 4.38. The van der Waals surface area contributed by atoms with Crippen LogP contribution in [0.25, 0.3) is 0 Å². The van der Waals surface area contributed by atoms with Crippen molar-refractivity contribution >= 4 is 21.6 Å². The average molecular weight is 315 g/mol. The third-order valence-corrected chi connectivity index (χ3v) is 3.81. The van der Waals surface area contributed by atoms with E-state index in [9.17, 15) is 10.1 Å². The first-order valence-electron chi connectivity index (χ1n) is 6.05. The Bertz CT molecular complexity index is 421. The van der Waals surface area contributed by atoms with E-state index in [2.05, 4.69) is 42.0 Å². The number of hydrogen-bond donors (Lipinski definition) is 1. The number of nitro groups is 1. The molecule has 0 saturated carbocycles. The topological polar surface area (TPSA) is 55.2 Å². The summed E-state index contributed by atoms with van der Waals surface area (Å²) in [6.07, 6.45) is 0. The molecule has 0 radical (unpaired) electrons. The molecule has 0 spiro atoms. The molecule has 4 nitrogen and oxygen atoms in total. The fourth-order valence-corrected chi connectivity index (χ4v) is 1.88. The molecule has 0 aliphatic heterocycles. The van der Waals surface area contributed by atoms with Gasteiger partial charge in [-0.2, -0.15) is 0 Å². The summed E-state index contributed by atoms with van der Waals surface area (Å²) in [5, 5.41) is 14.1. The maximum absolute atomic E-state index is 10.8. The van der Waals surface area contributed by atoms with E-state index >= 15 is 0 Å². The second kappa shape index (κ2) is 6.85. The summed E-state index contributed by atoms with van der Waals surface area (Å²) in [7, 11) is 0. The molecular weight excluding hydrogens is 296 g/mol. The van der Waals surface area contributed by atoms with Crippen molar-refractivity contribution in [1.29, 1.82) is 0 Å². The van der Waals surface area contributed by atoms with Crippen LogP contribution in [0.5, 0.6) is 0 Å². The molecule has 0 amide bonds. The van der Waals surface area contributed by atoms with E-state index in [1.807, 2.05) is 6.07 Å². The first-order chi connectivity index (χ1) is 8.41. The van der Waals surface area contributed by atoms with E-state index in [4.69, 9.17) is 0 Å². The highest BCUT2D eigenvalue weighted by atomic mass is 79.9. The summed E-state index contributed by atoms with van der Waals surface area (Å²) in [5.41, 5.74) is 1.05. The molecule has 1 rings (SSSR count). The van der Waals surface area contributed by atoms with E-state index in [1.54, 1.807) is 12.1 Å². The number of nitro benzene ring substituents is 1. The summed E-state index contributed by atoms with van der Waals surface area (Å²) < 4.78 is 0.520. The van der Waals surface area contributed by atoms with Crippen LogP contribution in [-0.2, 0) is 6.54 Å². The van der Waals surface area contributed by atoms with Crippen LogP contribution in [0.1, 0.15) is 26.3 Å². The van der Waals surface area contributed by atoms with Crippen LogP contribution >= 0.6 is 15.9 Å². The first-order valence-corrected chi connectivity index (χ1v) is 6.84. The van der Waals surface area contributed by atoms with E-state index in [1.165, 1.54) is 0 Å². The van der Waals surface area contributed by atoms with Gasteiger partial charge in [-0.15, -0.1) is 0 Å². The van der Waals surface area contributed by atoms with Gasteiger partial charge in [0.05, 0.1) is 9.40 Å². The molecule has 0 aliphatic rings. The lowest BCUT2D eigenvalue weighted by Crippen LogP contribution is -2.23. The number of benzene rings is 1. The van der Waals surface area contributed by atoms with Crippen molar-refractivity contribution < 1.29 is 4.92 Å². The number of rotatable bonds is 6. The van der Waals surface area contributed by atoms with E-state index in [0.717, 1.165) is 12.1 Å². The molecule has 18 heavy (non-hydrogen) atoms. The summed E-state index contributed by atoms with van der Waals surface area (Å²) in [5.74, 6) is 1.23. The molecule has 1 atom stereocenters. The van der Waals surface area contributed by atoms with E-state index in [-0.39, 0.29) is 10.6 Å². The van der Waals surface area contributed by atoms with Crippen molar-refractivity contribution in [3.8, 4) is 0 Å². The van der Waals surface area contributed by atoms with Gasteiger partial charge in [-0.1, -0.05) is 26.8 Å². The van der Waals surface area contributed by atoms with Crippen molar-refractivity contribution in [1.82, 2.24) is 5.32 Å². The maximum atomic E-state index is 10.8. The van der Waals surface area contributed by atoms with Gasteiger partial charge >= 0.3 is 0 Å². The quantitative estimate of drug-likeness (QED) is 0.643. The summed E-state index contributed by atoms with van der Waals surface area (Å²) >= 11 is 3.18. The highest BCUT2D eigenvalue weighted by Gasteiger charge is 2.12. The highest BCUT2D eigenvalue weighted by Crippen LogP contribution is 2.25. The molecule has 0 saturated heterocycles. The molecule has 0 bridgehead atoms. The number of hydrogen-bond acceptors (Lipinski definition) is 3. The van der Waals surface area contributed by atoms with Crippen LogP contribution in [0.3, 0.4) is 0 Å². The summed E-state index contributed by atoms with van der Waals surface area (Å²) in [4.78, 5) is 10.4. The van der Waals surface area contributed by atoms with Crippen LogP contribution in [0.15, 0.2) is 22.7 Å². The molecule has 100 valence electrons. The second-order valence-electron chi connectivity index (χ2n) is 4.90. The lowest BCUT2D eigenvalue weighted by Gasteiger charge is -2.16. The first kappa shape index (κ1) is 15.1. The SMILES string of the molecule is CC(C)C(C)CNCc1ccc(Br)c([N+](=O)[O-])c1. The van der Waals surface area contributed by atoms with Gasteiger partial charge < -0.3 is 5.32 Å². The zero-order chi connectivity index (χ0) is 13.7. The highest BCUT2D eigenvalue weighted by molar-refractivity contribution is 9.10. The van der Waals surface area contributed by atoms with Crippen LogP contribution in [-0.4, -0.2) is 11.5 Å². The minimum atomic E-state index is -0.371. The Hall–Kier alpha value is -0.940. The van der Waals surface area contributed by atoms with Crippen LogP contribution in [0, 0.1) is 22.0 Å². The number of halogens is 1. The fraction of sp³-hybridized carbons (Fsp3) is 0.538. The molecule has 1 unspecified atom stereocenters. The second-order valence-corrected chi connectivity index (χ2v) is 5.75. The standard InChI is InChI=1S/C13H19BrN2O2/c1-9(2)10(3)7-15-8-11-4-5-12(14)13(6-11)16(17)18/h4-6,9-10,15H,7-8H2,1-3H3. The molecule has 0 heterocycles. The Balaban J connectivity index is 2.58. The van der Waals surface area contributed by atoms with Gasteiger partial charge in [0.2, 0.25) is 0 Å². The van der Waals surface area contributed by atoms with E-state index < -0.39 is 0 Å². The van der Waals surface area contributed by atoms with Crippen LogP contribution in [0.4, 0.5) is 5.69 Å². The van der Waals surface area contributed by atoms with Crippen LogP contribution < -0.4 is 5.32 Å². The molecule has 1 N–H and O–H groups in total. The Morgan fingerprint density at radius 2 is 2.06 bits per heavy atom. The average Bonchev–Trinajstić information content (AvgIpc) is 2.30. The molecule has 1 aromatic carbocycles. The third-order valence-electron chi connectivity index (χ3n) is 3.14. The van der Waals surface area contributed by atoms with Crippen molar-refractivity contribution in [2.45, 2.75) is 27.3 Å². The zero-order valence-electron chi connectivity index (χ0n) is 10.9. The summed E-state index contributed by atoms with van der Waals surface area (Å²) in [6, 6.07) is 5.22. The van der Waals surface area contributed by atoms with E-state index in [0.29, 0.717) is 22.9 Å². The van der Waals surface area contributed by atoms with Gasteiger partial charge in [-0.25, -0.2) is 0 Å². The molecular formula is C13H19BrN2O2. The Kier molecular flexibility index (Phi) is 5.75. The van der Waals surface area contributed by atoms with Crippen molar-refractivity contribution in [3.63, 3.8) is 0 Å². The molecule has 0 aliphatic carbocycles. The number of nitrogens with one attached hydrogen (secondary N) is 1. The molecule has 5 heteroatoms. The predicted octanol–water partition coefficient (Wildman–Crippen LogP) is 3.74.